The maximum atomic E-state index is 13.6. The summed E-state index contributed by atoms with van der Waals surface area (Å²) in [4.78, 5) is 50.3. The molecule has 8 nitrogen and oxygen atoms in total. The summed E-state index contributed by atoms with van der Waals surface area (Å²) in [6.07, 6.45) is 8.42. The minimum atomic E-state index is -0.648. The number of urea groups is 1. The van der Waals surface area contributed by atoms with Crippen LogP contribution in [0.2, 0.25) is 0 Å². The molecule has 1 saturated heterocycles. The molecule has 2 fully saturated rings. The number of carbonyl (C=O) groups excluding carboxylic acids is 4. The number of amides is 5. The van der Waals surface area contributed by atoms with Crippen LogP contribution in [0.1, 0.15) is 78.1 Å². The van der Waals surface area contributed by atoms with Crippen LogP contribution in [0, 0.1) is 11.8 Å². The fourth-order valence-corrected chi connectivity index (χ4v) is 4.83. The van der Waals surface area contributed by atoms with Gasteiger partial charge in [-0.05, 0) is 26.2 Å². The van der Waals surface area contributed by atoms with E-state index in [0.29, 0.717) is 18.0 Å². The lowest BCUT2D eigenvalue weighted by Crippen LogP contribution is -2.65. The summed E-state index contributed by atoms with van der Waals surface area (Å²) in [6, 6.07) is -0.788. The molecule has 2 N–H and O–H groups in total. The van der Waals surface area contributed by atoms with Crippen LogP contribution in [0.15, 0.2) is 0 Å². The summed E-state index contributed by atoms with van der Waals surface area (Å²) < 4.78 is -0.415. The monoisotopic (exact) mass is 410 g/mol. The van der Waals surface area contributed by atoms with E-state index in [4.69, 9.17) is 0 Å². The van der Waals surface area contributed by atoms with Gasteiger partial charge >= 0.3 is 11.9 Å². The Balaban J connectivity index is 2.22. The molecular formula is C21H36N3O5+. The van der Waals surface area contributed by atoms with Crippen molar-refractivity contribution in [1.82, 2.24) is 10.4 Å². The Labute approximate surface area is 173 Å². The van der Waals surface area contributed by atoms with E-state index in [1.54, 1.807) is 0 Å². The molecular weight excluding hydrogens is 374 g/mol. The van der Waals surface area contributed by atoms with Crippen LogP contribution in [0.25, 0.3) is 0 Å². The van der Waals surface area contributed by atoms with E-state index < -0.39 is 16.4 Å². The third-order valence-corrected chi connectivity index (χ3v) is 6.63. The van der Waals surface area contributed by atoms with Crippen molar-refractivity contribution in [2.24, 2.45) is 11.8 Å². The second kappa shape index (κ2) is 10.8. The highest BCUT2D eigenvalue weighted by Gasteiger charge is 2.55. The van der Waals surface area contributed by atoms with Crippen LogP contribution >= 0.6 is 0 Å². The summed E-state index contributed by atoms with van der Waals surface area (Å²) in [7, 11) is 0. The number of imide groups is 2. The zero-order valence-electron chi connectivity index (χ0n) is 17.8. The first-order valence-electron chi connectivity index (χ1n) is 11.0. The molecule has 29 heavy (non-hydrogen) atoms. The molecule has 0 aromatic carbocycles. The van der Waals surface area contributed by atoms with Gasteiger partial charge in [-0.1, -0.05) is 39.0 Å². The average molecular weight is 411 g/mol. The molecule has 3 atom stereocenters. The molecule has 2 rings (SSSR count). The van der Waals surface area contributed by atoms with Crippen molar-refractivity contribution >= 4 is 24.3 Å². The van der Waals surface area contributed by atoms with Gasteiger partial charge in [0, 0.05) is 18.8 Å². The van der Waals surface area contributed by atoms with Crippen LogP contribution in [-0.4, -0.2) is 58.1 Å². The lowest BCUT2D eigenvalue weighted by Gasteiger charge is -2.35. The summed E-state index contributed by atoms with van der Waals surface area (Å²) in [5.41, 5.74) is 0. The number of hydrogen-bond acceptors (Lipinski definition) is 5. The van der Waals surface area contributed by atoms with Crippen molar-refractivity contribution in [3.8, 4) is 0 Å². The topological polar surface area (TPSA) is 104 Å². The number of quaternary nitrogens is 1. The SMILES string of the molecule is CCCCC[C@H](CN(O)C=O)C(=O)[N+]1(C(=O)NC(=O)C2CCCC2)CCC[C@H]1C. The number of carbonyl (C=O) groups is 4. The summed E-state index contributed by atoms with van der Waals surface area (Å²) in [5, 5.41) is 12.7. The lowest BCUT2D eigenvalue weighted by atomic mass is 9.97. The van der Waals surface area contributed by atoms with Gasteiger partial charge < -0.3 is 0 Å². The van der Waals surface area contributed by atoms with E-state index >= 15 is 0 Å². The number of hydroxylamine groups is 2. The predicted molar refractivity (Wildman–Crippen MR) is 107 cm³/mol. The number of nitrogens with one attached hydrogen (secondary N) is 1. The summed E-state index contributed by atoms with van der Waals surface area (Å²) in [6.45, 7) is 4.13. The first-order chi connectivity index (χ1) is 13.9. The van der Waals surface area contributed by atoms with Crippen molar-refractivity contribution in [3.05, 3.63) is 0 Å². The fraction of sp³-hybridized carbons (Fsp3) is 0.810. The van der Waals surface area contributed by atoms with Gasteiger partial charge in [-0.15, -0.1) is 0 Å². The Morgan fingerprint density at radius 2 is 1.86 bits per heavy atom. The first-order valence-corrected chi connectivity index (χ1v) is 11.0. The van der Waals surface area contributed by atoms with E-state index in [2.05, 4.69) is 12.2 Å². The minimum Gasteiger partial charge on any atom is -0.286 e. The molecule has 0 radical (unpaired) electrons. The quantitative estimate of drug-likeness (QED) is 0.200. The van der Waals surface area contributed by atoms with E-state index in [1.165, 1.54) is 0 Å². The highest BCUT2D eigenvalue weighted by Crippen LogP contribution is 2.32. The molecule has 1 saturated carbocycles. The Hall–Kier alpha value is -1.80. The second-order valence-corrected chi connectivity index (χ2v) is 8.62. The van der Waals surface area contributed by atoms with Gasteiger partial charge in [0.15, 0.2) is 0 Å². The Morgan fingerprint density at radius 1 is 1.17 bits per heavy atom. The van der Waals surface area contributed by atoms with Gasteiger partial charge in [0.1, 0.15) is 6.04 Å². The van der Waals surface area contributed by atoms with Crippen LogP contribution in [0.4, 0.5) is 4.79 Å². The van der Waals surface area contributed by atoms with Crippen molar-refractivity contribution in [1.29, 1.82) is 0 Å². The second-order valence-electron chi connectivity index (χ2n) is 8.62. The maximum Gasteiger partial charge on any atom is 0.430 e. The van der Waals surface area contributed by atoms with E-state index in [-0.39, 0.29) is 36.7 Å². The van der Waals surface area contributed by atoms with Gasteiger partial charge in [-0.25, -0.2) is 20.0 Å². The highest BCUT2D eigenvalue weighted by atomic mass is 16.5. The van der Waals surface area contributed by atoms with Crippen LogP contribution in [0.5, 0.6) is 0 Å². The lowest BCUT2D eigenvalue weighted by molar-refractivity contribution is -0.786. The molecule has 0 spiro atoms. The predicted octanol–water partition coefficient (Wildman–Crippen LogP) is 2.98. The third kappa shape index (κ3) is 5.42. The molecule has 8 heteroatoms. The largest absolute Gasteiger partial charge is 0.430 e. The van der Waals surface area contributed by atoms with Crippen molar-refractivity contribution in [2.45, 2.75) is 84.1 Å². The summed E-state index contributed by atoms with van der Waals surface area (Å²) >= 11 is 0. The van der Waals surface area contributed by atoms with Gasteiger partial charge in [-0.2, -0.15) is 4.48 Å². The molecule has 1 heterocycles. The van der Waals surface area contributed by atoms with Crippen molar-refractivity contribution in [2.75, 3.05) is 13.1 Å². The van der Waals surface area contributed by atoms with E-state index in [1.807, 2.05) is 6.92 Å². The molecule has 0 aromatic heterocycles. The maximum absolute atomic E-state index is 13.6. The van der Waals surface area contributed by atoms with E-state index in [0.717, 1.165) is 57.8 Å². The molecule has 5 amide bonds. The van der Waals surface area contributed by atoms with Crippen molar-refractivity contribution in [3.63, 3.8) is 0 Å². The minimum absolute atomic E-state index is 0.136. The van der Waals surface area contributed by atoms with Crippen molar-refractivity contribution < 1.29 is 28.9 Å². The van der Waals surface area contributed by atoms with Crippen LogP contribution < -0.4 is 5.32 Å². The number of likely N-dealkylation sites (tertiary alicyclic amines) is 1. The first kappa shape index (κ1) is 23.5. The van der Waals surface area contributed by atoms with Crippen LogP contribution in [0.3, 0.4) is 0 Å². The number of rotatable bonds is 9. The molecule has 1 aliphatic carbocycles. The zero-order valence-corrected chi connectivity index (χ0v) is 17.8. The Bertz CT molecular complexity index is 605. The highest BCUT2D eigenvalue weighted by molar-refractivity contribution is 5.97. The van der Waals surface area contributed by atoms with Gasteiger partial charge in [0.25, 0.3) is 0 Å². The normalized spacial score (nSPS) is 25.6. The fourth-order valence-electron chi connectivity index (χ4n) is 4.83. The molecule has 0 aromatic rings. The Morgan fingerprint density at radius 3 is 2.41 bits per heavy atom. The number of nitrogens with zero attached hydrogens (tertiary/aromatic N) is 2. The number of hydrogen-bond donors (Lipinski definition) is 2. The summed E-state index contributed by atoms with van der Waals surface area (Å²) in [5.74, 6) is -1.39. The van der Waals surface area contributed by atoms with Gasteiger partial charge in [0.05, 0.1) is 19.0 Å². The molecule has 1 unspecified atom stereocenters. The standard InChI is InChI=1S/C21H35N3O5/c1-3-4-5-12-18(14-23(29)15-25)20(27)24(13-8-9-16(24)2)21(28)22-19(26)17-10-6-7-11-17/h15-18,29H,3-14H2,1-2H3/p+1/t16-,18-,24?/m1/s1. The smallest absolute Gasteiger partial charge is 0.286 e. The molecule has 2 aliphatic rings. The molecule has 0 bridgehead atoms. The molecule has 164 valence electrons. The van der Waals surface area contributed by atoms with Crippen LogP contribution in [-0.2, 0) is 14.4 Å². The third-order valence-electron chi connectivity index (χ3n) is 6.63. The van der Waals surface area contributed by atoms with Gasteiger partial charge in [-0.3, -0.25) is 14.8 Å². The number of unbranched alkanes of at least 4 members (excludes halogenated alkanes) is 2. The Kier molecular flexibility index (Phi) is 8.77. The van der Waals surface area contributed by atoms with E-state index in [9.17, 15) is 24.4 Å². The molecule has 1 aliphatic heterocycles. The van der Waals surface area contributed by atoms with Gasteiger partial charge in [0.2, 0.25) is 12.3 Å². The zero-order chi connectivity index (χ0) is 21.4. The average Bonchev–Trinajstić information content (AvgIpc) is 3.37.